The second-order valence-corrected chi connectivity index (χ2v) is 6.05. The second-order valence-electron chi connectivity index (χ2n) is 3.97. The predicted octanol–water partition coefficient (Wildman–Crippen LogP) is 1.29. The maximum Gasteiger partial charge on any atom is 0.331 e. The van der Waals surface area contributed by atoms with Crippen molar-refractivity contribution in [2.45, 2.75) is 12.6 Å². The van der Waals surface area contributed by atoms with E-state index in [9.17, 15) is 9.36 Å². The number of imidazole rings is 1. The quantitative estimate of drug-likeness (QED) is 0.734. The lowest BCUT2D eigenvalue weighted by Gasteiger charge is -2.04. The minimum Gasteiger partial charge on any atom is -0.481 e. The summed E-state index contributed by atoms with van der Waals surface area (Å²) in [4.78, 5) is 32.9. The van der Waals surface area contributed by atoms with Crippen LogP contribution in [0.4, 0.5) is 0 Å². The molecule has 2 heterocycles. The first-order valence-corrected chi connectivity index (χ1v) is 7.35. The normalized spacial score (nSPS) is 11.9. The van der Waals surface area contributed by atoms with E-state index in [1.165, 1.54) is 16.7 Å². The van der Waals surface area contributed by atoms with E-state index >= 15 is 0 Å². The standard InChI is InChI=1S/C10H10ClN2O5P/c11-6-1-2-13-8(4-10(14)15)7(5-19(16,17)18)12-9(13)3-6/h1-3H,4-5H2,(H,14,15)(H2,16,17,18). The number of aliphatic carboxylic acids is 1. The van der Waals surface area contributed by atoms with Crippen molar-refractivity contribution in [3.8, 4) is 0 Å². The van der Waals surface area contributed by atoms with E-state index in [0.29, 0.717) is 10.7 Å². The van der Waals surface area contributed by atoms with Gasteiger partial charge in [0.1, 0.15) is 5.65 Å². The van der Waals surface area contributed by atoms with E-state index in [1.54, 1.807) is 6.07 Å². The molecule has 0 amide bonds. The maximum absolute atomic E-state index is 11.1. The molecule has 2 rings (SSSR count). The molecule has 0 atom stereocenters. The van der Waals surface area contributed by atoms with Crippen LogP contribution >= 0.6 is 19.2 Å². The van der Waals surface area contributed by atoms with Gasteiger partial charge in [-0.2, -0.15) is 0 Å². The Bertz CT molecular complexity index is 693. The maximum atomic E-state index is 11.1. The van der Waals surface area contributed by atoms with Gasteiger partial charge in [-0.3, -0.25) is 9.36 Å². The van der Waals surface area contributed by atoms with Gasteiger partial charge in [0.05, 0.1) is 24.0 Å². The summed E-state index contributed by atoms with van der Waals surface area (Å²) in [6.07, 6.45) is 0.541. The first-order chi connectivity index (χ1) is 8.76. The molecule has 2 aromatic rings. The van der Waals surface area contributed by atoms with Crippen molar-refractivity contribution in [2.75, 3.05) is 0 Å². The number of hydrogen-bond acceptors (Lipinski definition) is 3. The Balaban J connectivity index is 2.60. The van der Waals surface area contributed by atoms with Crippen LogP contribution in [-0.2, 0) is 21.9 Å². The molecule has 0 spiro atoms. The molecule has 19 heavy (non-hydrogen) atoms. The molecule has 0 bridgehead atoms. The number of rotatable bonds is 4. The number of pyridine rings is 1. The molecule has 0 radical (unpaired) electrons. The zero-order valence-corrected chi connectivity index (χ0v) is 11.2. The first kappa shape index (κ1) is 14.0. The Labute approximate surface area is 112 Å². The molecule has 7 nitrogen and oxygen atoms in total. The van der Waals surface area contributed by atoms with E-state index in [1.807, 2.05) is 0 Å². The van der Waals surface area contributed by atoms with Crippen molar-refractivity contribution in [1.82, 2.24) is 9.38 Å². The molecule has 2 aromatic heterocycles. The van der Waals surface area contributed by atoms with Gasteiger partial charge >= 0.3 is 13.6 Å². The van der Waals surface area contributed by atoms with Gasteiger partial charge in [-0.15, -0.1) is 0 Å². The third-order valence-electron chi connectivity index (χ3n) is 2.44. The van der Waals surface area contributed by atoms with Gasteiger partial charge in [0, 0.05) is 17.3 Å². The summed E-state index contributed by atoms with van der Waals surface area (Å²) in [5.41, 5.74) is 0.660. The number of halogens is 1. The summed E-state index contributed by atoms with van der Waals surface area (Å²) in [7, 11) is -4.33. The fourth-order valence-electron chi connectivity index (χ4n) is 1.77. The number of carboxylic acids is 1. The summed E-state index contributed by atoms with van der Waals surface area (Å²) in [5.74, 6) is -1.11. The highest BCUT2D eigenvalue weighted by Gasteiger charge is 2.22. The van der Waals surface area contributed by atoms with Crippen LogP contribution in [0.15, 0.2) is 18.3 Å². The van der Waals surface area contributed by atoms with Gasteiger partial charge in [-0.1, -0.05) is 11.6 Å². The highest BCUT2D eigenvalue weighted by Crippen LogP contribution is 2.39. The lowest BCUT2D eigenvalue weighted by atomic mass is 10.2. The molecule has 102 valence electrons. The first-order valence-electron chi connectivity index (χ1n) is 5.18. The van der Waals surface area contributed by atoms with Crippen molar-refractivity contribution >= 4 is 30.8 Å². The van der Waals surface area contributed by atoms with Gasteiger partial charge in [0.25, 0.3) is 0 Å². The zero-order valence-electron chi connectivity index (χ0n) is 9.52. The molecule has 0 aromatic carbocycles. The number of aromatic nitrogens is 2. The molecule has 0 unspecified atom stereocenters. The SMILES string of the molecule is O=C(O)Cc1c(CP(=O)(O)O)nc2cc(Cl)ccn12. The van der Waals surface area contributed by atoms with Crippen LogP contribution in [0.3, 0.4) is 0 Å². The van der Waals surface area contributed by atoms with Crippen LogP contribution in [-0.4, -0.2) is 30.2 Å². The molecule has 9 heteroatoms. The van der Waals surface area contributed by atoms with Crippen LogP contribution in [0, 0.1) is 0 Å². The Morgan fingerprint density at radius 3 is 2.74 bits per heavy atom. The molecule has 0 saturated carbocycles. The van der Waals surface area contributed by atoms with Crippen LogP contribution in [0.25, 0.3) is 5.65 Å². The number of carboxylic acid groups (broad SMARTS) is 1. The molecule has 3 N–H and O–H groups in total. The minimum absolute atomic E-state index is 0.0676. The summed E-state index contributed by atoms with van der Waals surface area (Å²) < 4.78 is 12.5. The van der Waals surface area contributed by atoms with E-state index in [2.05, 4.69) is 4.98 Å². The average Bonchev–Trinajstić information content (AvgIpc) is 2.52. The van der Waals surface area contributed by atoms with E-state index in [-0.39, 0.29) is 17.8 Å². The summed E-state index contributed by atoms with van der Waals surface area (Å²) in [5, 5.41) is 9.27. The summed E-state index contributed by atoms with van der Waals surface area (Å²) in [6, 6.07) is 3.04. The molecule has 0 aliphatic carbocycles. The highest BCUT2D eigenvalue weighted by atomic mass is 35.5. The van der Waals surface area contributed by atoms with Crippen molar-refractivity contribution in [3.05, 3.63) is 34.7 Å². The Hall–Kier alpha value is -1.40. The second kappa shape index (κ2) is 4.94. The van der Waals surface area contributed by atoms with E-state index < -0.39 is 19.7 Å². The third kappa shape index (κ3) is 3.33. The largest absolute Gasteiger partial charge is 0.481 e. The van der Waals surface area contributed by atoms with Gasteiger partial charge in [0.15, 0.2) is 0 Å². The minimum atomic E-state index is -4.33. The van der Waals surface area contributed by atoms with Gasteiger partial charge < -0.3 is 19.3 Å². The average molecular weight is 305 g/mol. The topological polar surface area (TPSA) is 112 Å². The number of carbonyl (C=O) groups is 1. The zero-order chi connectivity index (χ0) is 14.2. The lowest BCUT2D eigenvalue weighted by Crippen LogP contribution is -2.06. The molecule has 0 aliphatic rings. The number of fused-ring (bicyclic) bond motifs is 1. The Kier molecular flexibility index (Phi) is 3.64. The van der Waals surface area contributed by atoms with E-state index in [0.717, 1.165) is 0 Å². The predicted molar refractivity (Wildman–Crippen MR) is 67.3 cm³/mol. The fraction of sp³-hybridized carbons (Fsp3) is 0.200. The molecular weight excluding hydrogens is 295 g/mol. The lowest BCUT2D eigenvalue weighted by molar-refractivity contribution is -0.136. The highest BCUT2D eigenvalue weighted by molar-refractivity contribution is 7.50. The van der Waals surface area contributed by atoms with Crippen LogP contribution in [0.1, 0.15) is 11.4 Å². The van der Waals surface area contributed by atoms with Gasteiger partial charge in [-0.25, -0.2) is 4.98 Å². The summed E-state index contributed by atoms with van der Waals surface area (Å²) in [6.45, 7) is 0. The summed E-state index contributed by atoms with van der Waals surface area (Å²) >= 11 is 5.80. The molecular formula is C10H10ClN2O5P. The van der Waals surface area contributed by atoms with Crippen LogP contribution in [0.5, 0.6) is 0 Å². The third-order valence-corrected chi connectivity index (χ3v) is 3.39. The van der Waals surface area contributed by atoms with Crippen molar-refractivity contribution in [1.29, 1.82) is 0 Å². The monoisotopic (exact) mass is 304 g/mol. The van der Waals surface area contributed by atoms with E-state index in [4.69, 9.17) is 26.5 Å². The number of hydrogen-bond donors (Lipinski definition) is 3. The Morgan fingerprint density at radius 2 is 2.16 bits per heavy atom. The smallest absolute Gasteiger partial charge is 0.331 e. The Morgan fingerprint density at radius 1 is 1.47 bits per heavy atom. The van der Waals surface area contributed by atoms with Crippen molar-refractivity contribution < 1.29 is 24.3 Å². The van der Waals surface area contributed by atoms with Gasteiger partial charge in [0.2, 0.25) is 0 Å². The van der Waals surface area contributed by atoms with Crippen LogP contribution in [0.2, 0.25) is 5.02 Å². The number of nitrogens with zero attached hydrogens (tertiary/aromatic N) is 2. The molecule has 0 aliphatic heterocycles. The van der Waals surface area contributed by atoms with Crippen molar-refractivity contribution in [2.24, 2.45) is 0 Å². The van der Waals surface area contributed by atoms with Crippen molar-refractivity contribution in [3.63, 3.8) is 0 Å². The van der Waals surface area contributed by atoms with Crippen LogP contribution < -0.4 is 0 Å². The fourth-order valence-corrected chi connectivity index (χ4v) is 2.57. The molecule has 0 fully saturated rings. The van der Waals surface area contributed by atoms with Gasteiger partial charge in [-0.05, 0) is 6.07 Å². The molecule has 0 saturated heterocycles.